The SMILES string of the molecule is CC1C[C@@H]2C[C@@H](OCc3c(-c4c(Cl)cncc4Cl)noc3C3CC3)CC1[C@]2(O)c1nc2c(F)cc(C#N)cc2s1. The second-order valence-electron chi connectivity index (χ2n) is 11.3. The Morgan fingerprint density at radius 2 is 2.00 bits per heavy atom. The lowest BCUT2D eigenvalue weighted by Crippen LogP contribution is -2.45. The number of ether oxygens (including phenoxy) is 1. The molecule has 2 unspecified atom stereocenters. The maximum Gasteiger partial charge on any atom is 0.151 e. The lowest BCUT2D eigenvalue weighted by atomic mass is 9.72. The lowest BCUT2D eigenvalue weighted by Gasteiger charge is -2.41. The first-order valence-corrected chi connectivity index (χ1v) is 15.0. The smallest absolute Gasteiger partial charge is 0.151 e. The Balaban J connectivity index is 1.16. The number of fused-ring (bicyclic) bond motifs is 3. The molecule has 11 heteroatoms. The van der Waals surface area contributed by atoms with Gasteiger partial charge < -0.3 is 14.4 Å². The normalized spacial score (nSPS) is 27.8. The highest BCUT2D eigenvalue weighted by Gasteiger charge is 2.59. The zero-order chi connectivity index (χ0) is 27.8. The molecule has 206 valence electrons. The van der Waals surface area contributed by atoms with Crippen LogP contribution in [0.1, 0.15) is 66.8 Å². The summed E-state index contributed by atoms with van der Waals surface area (Å²) in [5, 5.41) is 27.0. The Morgan fingerprint density at radius 1 is 1.23 bits per heavy atom. The summed E-state index contributed by atoms with van der Waals surface area (Å²) in [7, 11) is 0. The highest BCUT2D eigenvalue weighted by Crippen LogP contribution is 2.59. The van der Waals surface area contributed by atoms with Crippen LogP contribution in [-0.2, 0) is 16.9 Å². The number of hydrogen-bond acceptors (Lipinski definition) is 8. The van der Waals surface area contributed by atoms with Crippen LogP contribution in [-0.4, -0.2) is 26.3 Å². The maximum absolute atomic E-state index is 14.7. The van der Waals surface area contributed by atoms with Crippen molar-refractivity contribution in [3.05, 3.63) is 62.3 Å². The largest absolute Gasteiger partial charge is 0.382 e. The number of thiazole rings is 1. The molecule has 0 amide bonds. The van der Waals surface area contributed by atoms with Crippen LogP contribution >= 0.6 is 34.5 Å². The predicted octanol–water partition coefficient (Wildman–Crippen LogP) is 7.38. The molecule has 3 fully saturated rings. The summed E-state index contributed by atoms with van der Waals surface area (Å²) >= 11 is 14.2. The number of halogens is 3. The molecule has 1 N–H and O–H groups in total. The Bertz CT molecular complexity index is 1660. The van der Waals surface area contributed by atoms with E-state index in [1.54, 1.807) is 6.07 Å². The average molecular weight is 600 g/mol. The van der Waals surface area contributed by atoms with Crippen LogP contribution in [0.25, 0.3) is 21.5 Å². The zero-order valence-corrected chi connectivity index (χ0v) is 23.9. The molecule has 3 heterocycles. The van der Waals surface area contributed by atoms with Gasteiger partial charge in [0, 0.05) is 29.4 Å². The van der Waals surface area contributed by atoms with Crippen LogP contribution < -0.4 is 0 Å². The van der Waals surface area contributed by atoms with Gasteiger partial charge in [-0.05, 0) is 62.0 Å². The van der Waals surface area contributed by atoms with Crippen molar-refractivity contribution in [1.29, 1.82) is 5.26 Å². The summed E-state index contributed by atoms with van der Waals surface area (Å²) in [5.74, 6) is 0.660. The summed E-state index contributed by atoms with van der Waals surface area (Å²) in [6.45, 7) is 2.44. The summed E-state index contributed by atoms with van der Waals surface area (Å²) in [6.07, 6.45) is 7.18. The molecule has 7 rings (SSSR count). The van der Waals surface area contributed by atoms with Crippen LogP contribution in [0, 0.1) is 34.9 Å². The topological polar surface area (TPSA) is 105 Å². The van der Waals surface area contributed by atoms with Gasteiger partial charge in [0.1, 0.15) is 27.6 Å². The Morgan fingerprint density at radius 3 is 2.70 bits per heavy atom. The number of benzene rings is 1. The molecule has 3 saturated carbocycles. The van der Waals surface area contributed by atoms with Gasteiger partial charge in [0.25, 0.3) is 0 Å². The highest BCUT2D eigenvalue weighted by atomic mass is 35.5. The number of aliphatic hydroxyl groups is 1. The third kappa shape index (κ3) is 4.15. The van der Waals surface area contributed by atoms with E-state index in [0.717, 1.165) is 30.6 Å². The fraction of sp³-hybridized carbons (Fsp3) is 0.448. The zero-order valence-electron chi connectivity index (χ0n) is 21.5. The molecule has 0 spiro atoms. The molecule has 5 atom stereocenters. The molecule has 0 aliphatic heterocycles. The summed E-state index contributed by atoms with van der Waals surface area (Å²) < 4.78 is 27.6. The number of aromatic nitrogens is 3. The molecule has 0 radical (unpaired) electrons. The minimum absolute atomic E-state index is 0.0840. The van der Waals surface area contributed by atoms with Gasteiger partial charge in [-0.15, -0.1) is 11.3 Å². The minimum Gasteiger partial charge on any atom is -0.382 e. The minimum atomic E-state index is -1.16. The van der Waals surface area contributed by atoms with Gasteiger partial charge in [-0.3, -0.25) is 4.98 Å². The number of nitrogens with zero attached hydrogens (tertiary/aromatic N) is 4. The number of hydrogen-bond donors (Lipinski definition) is 1. The molecule has 3 aliphatic carbocycles. The average Bonchev–Trinajstić information content (AvgIpc) is 3.51. The fourth-order valence-corrected chi connectivity index (χ4v) is 8.57. The van der Waals surface area contributed by atoms with Gasteiger partial charge in [-0.2, -0.15) is 5.26 Å². The molecule has 3 aliphatic rings. The van der Waals surface area contributed by atoms with Crippen molar-refractivity contribution in [2.75, 3.05) is 0 Å². The van der Waals surface area contributed by atoms with E-state index < -0.39 is 11.4 Å². The maximum atomic E-state index is 14.7. The third-order valence-electron chi connectivity index (χ3n) is 8.84. The van der Waals surface area contributed by atoms with Crippen molar-refractivity contribution < 1.29 is 18.8 Å². The van der Waals surface area contributed by atoms with E-state index in [1.165, 1.54) is 29.8 Å². The first-order valence-electron chi connectivity index (χ1n) is 13.4. The van der Waals surface area contributed by atoms with Gasteiger partial charge >= 0.3 is 0 Å². The van der Waals surface area contributed by atoms with Crippen molar-refractivity contribution in [1.82, 2.24) is 15.1 Å². The molecule has 1 aromatic carbocycles. The van der Waals surface area contributed by atoms with Gasteiger partial charge in [-0.1, -0.05) is 35.3 Å². The first kappa shape index (κ1) is 26.3. The first-order chi connectivity index (χ1) is 19.3. The van der Waals surface area contributed by atoms with Gasteiger partial charge in [0.2, 0.25) is 0 Å². The Kier molecular flexibility index (Phi) is 6.41. The monoisotopic (exact) mass is 598 g/mol. The molecule has 3 aromatic heterocycles. The molecular formula is C29H25Cl2FN4O3S. The summed E-state index contributed by atoms with van der Waals surface area (Å²) in [5.41, 5.74) is 1.31. The van der Waals surface area contributed by atoms with Crippen molar-refractivity contribution in [2.45, 2.75) is 63.3 Å². The van der Waals surface area contributed by atoms with Crippen LogP contribution in [0.3, 0.4) is 0 Å². The fourth-order valence-electron chi connectivity index (χ4n) is 6.77. The predicted molar refractivity (Wildman–Crippen MR) is 148 cm³/mol. The Hall–Kier alpha value is -2.61. The quantitative estimate of drug-likeness (QED) is 0.247. The van der Waals surface area contributed by atoms with E-state index in [4.69, 9.17) is 32.5 Å². The number of rotatable bonds is 6. The van der Waals surface area contributed by atoms with Crippen LogP contribution in [0.4, 0.5) is 4.39 Å². The molecule has 2 bridgehead atoms. The molecular weight excluding hydrogens is 574 g/mol. The van der Waals surface area contributed by atoms with Crippen molar-refractivity contribution in [3.8, 4) is 17.3 Å². The van der Waals surface area contributed by atoms with Gasteiger partial charge in [0.05, 0.1) is 39.1 Å². The van der Waals surface area contributed by atoms with Gasteiger partial charge in [0.15, 0.2) is 5.82 Å². The molecule has 4 aromatic rings. The van der Waals surface area contributed by atoms with E-state index in [1.807, 2.05) is 6.07 Å². The van der Waals surface area contributed by atoms with E-state index in [2.05, 4.69) is 22.0 Å². The lowest BCUT2D eigenvalue weighted by molar-refractivity contribution is -0.120. The number of pyridine rings is 1. The third-order valence-corrected chi connectivity index (χ3v) is 10.6. The van der Waals surface area contributed by atoms with E-state index in [-0.39, 0.29) is 34.9 Å². The van der Waals surface area contributed by atoms with E-state index in [9.17, 15) is 14.8 Å². The van der Waals surface area contributed by atoms with Crippen molar-refractivity contribution in [2.24, 2.45) is 17.8 Å². The van der Waals surface area contributed by atoms with Crippen molar-refractivity contribution >= 4 is 44.8 Å². The standard InChI is InChI=1S/C29H25Cl2FN4O3S/c1-13-4-16-7-17(8-19(13)29(16,37)28-35-26-22(32)5-14(9-33)6-23(26)40-28)38-12-18-25(36-39-27(18)15-2-3-15)24-20(30)10-34-11-21(24)31/h5-6,10-11,13,15-17,19,37H,2-4,7-8,12H2,1H3/t13?,16-,17-,19?,29+/m1/s1. The molecule has 40 heavy (non-hydrogen) atoms. The highest BCUT2D eigenvalue weighted by molar-refractivity contribution is 7.18. The van der Waals surface area contributed by atoms with E-state index >= 15 is 0 Å². The molecule has 7 nitrogen and oxygen atoms in total. The summed E-state index contributed by atoms with van der Waals surface area (Å²) in [6, 6.07) is 4.82. The second-order valence-corrected chi connectivity index (χ2v) is 13.2. The Labute approximate surface area is 243 Å². The van der Waals surface area contributed by atoms with Crippen LogP contribution in [0.2, 0.25) is 10.0 Å². The molecule has 0 saturated heterocycles. The van der Waals surface area contributed by atoms with Crippen LogP contribution in [0.15, 0.2) is 29.0 Å². The summed E-state index contributed by atoms with van der Waals surface area (Å²) in [4.78, 5) is 8.62. The van der Waals surface area contributed by atoms with E-state index in [0.29, 0.717) is 56.4 Å². The van der Waals surface area contributed by atoms with Crippen LogP contribution in [0.5, 0.6) is 0 Å². The van der Waals surface area contributed by atoms with Gasteiger partial charge in [-0.25, -0.2) is 9.37 Å². The number of nitriles is 1. The second kappa shape index (κ2) is 9.74. The van der Waals surface area contributed by atoms with Crippen molar-refractivity contribution in [3.63, 3.8) is 0 Å².